The van der Waals surface area contributed by atoms with Crippen LogP contribution in [0.1, 0.15) is 33.2 Å². The summed E-state index contributed by atoms with van der Waals surface area (Å²) in [6.07, 6.45) is 0.583. The van der Waals surface area contributed by atoms with E-state index in [0.29, 0.717) is 6.42 Å². The van der Waals surface area contributed by atoms with Gasteiger partial charge in [0.05, 0.1) is 23.3 Å². The van der Waals surface area contributed by atoms with Gasteiger partial charge < -0.3 is 5.11 Å². The molecule has 0 saturated heterocycles. The fourth-order valence-electron chi connectivity index (χ4n) is 1.71. The quantitative estimate of drug-likeness (QED) is 0.611. The van der Waals surface area contributed by atoms with Crippen LogP contribution in [0.5, 0.6) is 0 Å². The molecule has 1 aromatic rings. The van der Waals surface area contributed by atoms with Crippen LogP contribution in [0, 0.1) is 10.1 Å². The van der Waals surface area contributed by atoms with Gasteiger partial charge in [-0.3, -0.25) is 19.5 Å². The summed E-state index contributed by atoms with van der Waals surface area (Å²) in [4.78, 5) is 34.1. The highest BCUT2D eigenvalue weighted by Crippen LogP contribution is 2.08. The summed E-state index contributed by atoms with van der Waals surface area (Å²) in [5.41, 5.74) is -2.30. The van der Waals surface area contributed by atoms with E-state index in [2.05, 4.69) is 0 Å². The first-order chi connectivity index (χ1) is 8.81. The number of aliphatic hydroxyl groups is 1. The molecule has 0 saturated carbocycles. The third-order valence-corrected chi connectivity index (χ3v) is 2.93. The normalized spacial score (nSPS) is 14.1. The molecule has 1 aromatic heterocycles. The molecule has 0 aromatic carbocycles. The van der Waals surface area contributed by atoms with Gasteiger partial charge in [0.1, 0.15) is 0 Å². The molecule has 0 spiro atoms. The molecule has 19 heavy (non-hydrogen) atoms. The second-order valence-electron chi connectivity index (χ2n) is 4.40. The third-order valence-electron chi connectivity index (χ3n) is 2.93. The second-order valence-corrected chi connectivity index (χ2v) is 4.40. The fraction of sp³-hybridized carbons (Fsp3) is 0.636. The molecule has 0 bridgehead atoms. The van der Waals surface area contributed by atoms with Gasteiger partial charge in [0.25, 0.3) is 0 Å². The second kappa shape index (κ2) is 5.79. The van der Waals surface area contributed by atoms with Crippen molar-refractivity contribution in [2.45, 2.75) is 45.9 Å². The zero-order valence-corrected chi connectivity index (χ0v) is 11.1. The van der Waals surface area contributed by atoms with E-state index in [-0.39, 0.29) is 6.54 Å². The van der Waals surface area contributed by atoms with Crippen LogP contribution in [0.25, 0.3) is 0 Å². The van der Waals surface area contributed by atoms with E-state index in [0.717, 1.165) is 15.3 Å². The standard InChI is InChI=1S/C11H17N3O5/c1-4-5-12-6-9(14(18)19)10(16)13(11(12)17)7(2)8(3)15/h6-8,15H,4-5H2,1-3H3. The number of rotatable bonds is 5. The summed E-state index contributed by atoms with van der Waals surface area (Å²) >= 11 is 0. The van der Waals surface area contributed by atoms with Crippen molar-refractivity contribution < 1.29 is 10.0 Å². The molecule has 0 amide bonds. The molecule has 2 unspecified atom stereocenters. The molecule has 0 aliphatic rings. The fourth-order valence-corrected chi connectivity index (χ4v) is 1.71. The molecule has 106 valence electrons. The van der Waals surface area contributed by atoms with Crippen LogP contribution in [0.4, 0.5) is 5.69 Å². The minimum atomic E-state index is -0.990. The Bertz CT molecular complexity index is 587. The Morgan fingerprint density at radius 1 is 1.42 bits per heavy atom. The summed E-state index contributed by atoms with van der Waals surface area (Å²) in [5, 5.41) is 20.3. The molecule has 0 aliphatic carbocycles. The molecule has 8 heteroatoms. The van der Waals surface area contributed by atoms with E-state index in [1.54, 1.807) is 0 Å². The lowest BCUT2D eigenvalue weighted by Crippen LogP contribution is -2.44. The van der Waals surface area contributed by atoms with Gasteiger partial charge in [0, 0.05) is 6.54 Å². The summed E-state index contributed by atoms with van der Waals surface area (Å²) in [6, 6.07) is -0.831. The van der Waals surface area contributed by atoms with E-state index in [1.165, 1.54) is 13.8 Å². The first-order valence-electron chi connectivity index (χ1n) is 5.99. The van der Waals surface area contributed by atoms with Crippen molar-refractivity contribution in [1.82, 2.24) is 9.13 Å². The van der Waals surface area contributed by atoms with Gasteiger partial charge in [-0.1, -0.05) is 6.92 Å². The van der Waals surface area contributed by atoms with Gasteiger partial charge in [-0.25, -0.2) is 9.36 Å². The van der Waals surface area contributed by atoms with Crippen molar-refractivity contribution in [2.75, 3.05) is 0 Å². The smallest absolute Gasteiger partial charge is 0.350 e. The van der Waals surface area contributed by atoms with Crippen molar-refractivity contribution in [1.29, 1.82) is 0 Å². The Labute approximate surface area is 109 Å². The average molecular weight is 271 g/mol. The zero-order chi connectivity index (χ0) is 14.7. The van der Waals surface area contributed by atoms with Crippen molar-refractivity contribution >= 4 is 5.69 Å². The van der Waals surface area contributed by atoms with Crippen LogP contribution in [0.2, 0.25) is 0 Å². The largest absolute Gasteiger partial charge is 0.391 e. The van der Waals surface area contributed by atoms with Gasteiger partial charge in [-0.2, -0.15) is 0 Å². The number of aromatic nitrogens is 2. The Kier molecular flexibility index (Phi) is 4.60. The molecule has 1 heterocycles. The predicted octanol–water partition coefficient (Wildman–Crippen LogP) is 0.270. The number of hydrogen-bond donors (Lipinski definition) is 1. The first-order valence-corrected chi connectivity index (χ1v) is 5.99. The molecular weight excluding hydrogens is 254 g/mol. The molecule has 1 rings (SSSR count). The van der Waals surface area contributed by atoms with Gasteiger partial charge in [-0.05, 0) is 20.3 Å². The van der Waals surface area contributed by atoms with Gasteiger partial charge in [0.15, 0.2) is 0 Å². The number of aryl methyl sites for hydroxylation is 1. The number of aliphatic hydroxyl groups excluding tert-OH is 1. The monoisotopic (exact) mass is 271 g/mol. The van der Waals surface area contributed by atoms with Crippen LogP contribution >= 0.6 is 0 Å². The summed E-state index contributed by atoms with van der Waals surface area (Å²) in [6.45, 7) is 4.96. The SMILES string of the molecule is CCCn1cc([N+](=O)[O-])c(=O)n(C(C)C(C)O)c1=O. The lowest BCUT2D eigenvalue weighted by Gasteiger charge is -2.18. The Morgan fingerprint density at radius 3 is 2.42 bits per heavy atom. The van der Waals surface area contributed by atoms with Gasteiger partial charge >= 0.3 is 16.9 Å². The third kappa shape index (κ3) is 2.90. The number of nitro groups is 1. The van der Waals surface area contributed by atoms with Crippen LogP contribution in [0.15, 0.2) is 15.8 Å². The van der Waals surface area contributed by atoms with E-state index >= 15 is 0 Å². The first kappa shape index (κ1) is 15.1. The summed E-state index contributed by atoms with van der Waals surface area (Å²) < 4.78 is 1.86. The highest BCUT2D eigenvalue weighted by atomic mass is 16.6. The minimum absolute atomic E-state index is 0.270. The van der Waals surface area contributed by atoms with Crippen molar-refractivity contribution in [3.8, 4) is 0 Å². The minimum Gasteiger partial charge on any atom is -0.391 e. The molecular formula is C11H17N3O5. The van der Waals surface area contributed by atoms with Crippen molar-refractivity contribution in [2.24, 2.45) is 0 Å². The van der Waals surface area contributed by atoms with Crippen molar-refractivity contribution in [3.05, 3.63) is 37.1 Å². The summed E-state index contributed by atoms with van der Waals surface area (Å²) in [5.74, 6) is 0. The number of hydrogen-bond acceptors (Lipinski definition) is 5. The maximum Gasteiger partial charge on any atom is 0.350 e. The molecule has 8 nitrogen and oxygen atoms in total. The predicted molar refractivity (Wildman–Crippen MR) is 68.3 cm³/mol. The van der Waals surface area contributed by atoms with Gasteiger partial charge in [-0.15, -0.1) is 0 Å². The topological polar surface area (TPSA) is 107 Å². The molecule has 0 fully saturated rings. The molecule has 0 aliphatic heterocycles. The highest BCUT2D eigenvalue weighted by Gasteiger charge is 2.24. The lowest BCUT2D eigenvalue weighted by atomic mass is 10.2. The van der Waals surface area contributed by atoms with Crippen LogP contribution in [-0.4, -0.2) is 25.3 Å². The summed E-state index contributed by atoms with van der Waals surface area (Å²) in [7, 11) is 0. The Morgan fingerprint density at radius 2 is 2.00 bits per heavy atom. The maximum atomic E-state index is 12.1. The molecule has 0 radical (unpaired) electrons. The zero-order valence-electron chi connectivity index (χ0n) is 11.1. The van der Waals surface area contributed by atoms with E-state index in [9.17, 15) is 24.8 Å². The van der Waals surface area contributed by atoms with E-state index < -0.39 is 34.0 Å². The Balaban J connectivity index is 3.64. The van der Waals surface area contributed by atoms with Crippen LogP contribution < -0.4 is 11.2 Å². The van der Waals surface area contributed by atoms with Crippen LogP contribution in [-0.2, 0) is 6.54 Å². The molecule has 2 atom stereocenters. The highest BCUT2D eigenvalue weighted by molar-refractivity contribution is 5.22. The Hall–Kier alpha value is -1.96. The van der Waals surface area contributed by atoms with E-state index in [4.69, 9.17) is 0 Å². The van der Waals surface area contributed by atoms with Crippen LogP contribution in [0.3, 0.4) is 0 Å². The molecule has 1 N–H and O–H groups in total. The van der Waals surface area contributed by atoms with E-state index in [1.807, 2.05) is 6.92 Å². The van der Waals surface area contributed by atoms with Crippen molar-refractivity contribution in [3.63, 3.8) is 0 Å². The maximum absolute atomic E-state index is 12.1. The lowest BCUT2D eigenvalue weighted by molar-refractivity contribution is -0.387. The number of nitrogens with zero attached hydrogens (tertiary/aromatic N) is 3. The van der Waals surface area contributed by atoms with Gasteiger partial charge in [0.2, 0.25) is 0 Å². The average Bonchev–Trinajstić information content (AvgIpc) is 2.32.